The van der Waals surface area contributed by atoms with Gasteiger partial charge in [-0.05, 0) is 42.0 Å². The zero-order valence-electron chi connectivity index (χ0n) is 14.8. The predicted octanol–water partition coefficient (Wildman–Crippen LogP) is 5.66. The maximum Gasteiger partial charge on any atom is 0.264 e. The van der Waals surface area contributed by atoms with Crippen molar-refractivity contribution in [2.24, 2.45) is 0 Å². The van der Waals surface area contributed by atoms with Crippen LogP contribution in [0.15, 0.2) is 84.9 Å². The minimum Gasteiger partial charge on any atom is -0.345 e. The van der Waals surface area contributed by atoms with E-state index in [9.17, 15) is 4.79 Å². The Morgan fingerprint density at radius 1 is 0.893 bits per heavy atom. The second-order valence-electron chi connectivity index (χ2n) is 6.69. The van der Waals surface area contributed by atoms with E-state index in [0.29, 0.717) is 16.4 Å². The Hall–Kier alpha value is -3.37. The number of para-hydroxylation sites is 2. The van der Waals surface area contributed by atoms with Gasteiger partial charge in [0.1, 0.15) is 12.0 Å². The molecule has 0 aliphatic carbocycles. The van der Waals surface area contributed by atoms with Gasteiger partial charge in [0.2, 0.25) is 0 Å². The highest BCUT2D eigenvalue weighted by atomic mass is 35.5. The van der Waals surface area contributed by atoms with Crippen LogP contribution in [0.2, 0.25) is 5.02 Å². The molecule has 1 N–H and O–H groups in total. The lowest BCUT2D eigenvalue weighted by molar-refractivity contribution is 0.0974. The van der Waals surface area contributed by atoms with Crippen LogP contribution >= 0.6 is 11.6 Å². The molecule has 0 bridgehead atoms. The summed E-state index contributed by atoms with van der Waals surface area (Å²) in [7, 11) is 0. The second-order valence-corrected chi connectivity index (χ2v) is 7.13. The third-order valence-corrected chi connectivity index (χ3v) is 5.14. The molecule has 28 heavy (non-hydrogen) atoms. The van der Waals surface area contributed by atoms with Crippen LogP contribution < -0.4 is 10.2 Å². The van der Waals surface area contributed by atoms with E-state index in [2.05, 4.69) is 5.32 Å². The number of amides is 1. The molecule has 5 rings (SSSR count). The molecule has 1 aliphatic heterocycles. The molecule has 0 saturated heterocycles. The highest BCUT2D eigenvalue weighted by Crippen LogP contribution is 2.37. The summed E-state index contributed by atoms with van der Waals surface area (Å²) < 4.78 is 0. The van der Waals surface area contributed by atoms with Crippen LogP contribution in [-0.2, 0) is 0 Å². The van der Waals surface area contributed by atoms with Gasteiger partial charge < -0.3 is 5.32 Å². The van der Waals surface area contributed by atoms with Crippen molar-refractivity contribution in [3.05, 3.63) is 101 Å². The van der Waals surface area contributed by atoms with Crippen LogP contribution in [0.3, 0.4) is 0 Å². The fourth-order valence-corrected chi connectivity index (χ4v) is 3.79. The summed E-state index contributed by atoms with van der Waals surface area (Å²) in [6, 6.07) is 26.9. The molecule has 0 fully saturated rings. The molecule has 0 radical (unpaired) electrons. The van der Waals surface area contributed by atoms with Crippen molar-refractivity contribution in [1.29, 1.82) is 0 Å². The molecule has 4 aromatic rings. The molecule has 136 valence electrons. The molecule has 1 aliphatic rings. The van der Waals surface area contributed by atoms with Gasteiger partial charge in [-0.15, -0.1) is 0 Å². The summed E-state index contributed by atoms with van der Waals surface area (Å²) in [4.78, 5) is 20.0. The SMILES string of the molecule is O=C1c2cc3ccccc3nc2N[C@H](c2cccc(Cl)c2)N1c1ccccc1. The smallest absolute Gasteiger partial charge is 0.264 e. The minimum atomic E-state index is -0.408. The number of carbonyl (C=O) groups excluding carboxylic acids is 1. The molecule has 0 spiro atoms. The topological polar surface area (TPSA) is 45.2 Å². The molecular formula is C23H16ClN3O. The van der Waals surface area contributed by atoms with Crippen LogP contribution in [0.25, 0.3) is 10.9 Å². The minimum absolute atomic E-state index is 0.0943. The van der Waals surface area contributed by atoms with E-state index in [1.165, 1.54) is 0 Å². The number of carbonyl (C=O) groups is 1. The molecule has 1 aromatic heterocycles. The van der Waals surface area contributed by atoms with Crippen LogP contribution in [0.1, 0.15) is 22.1 Å². The average Bonchev–Trinajstić information content (AvgIpc) is 2.73. The van der Waals surface area contributed by atoms with Gasteiger partial charge in [0.05, 0.1) is 11.1 Å². The number of hydrogen-bond acceptors (Lipinski definition) is 3. The fraction of sp³-hybridized carbons (Fsp3) is 0.0435. The third-order valence-electron chi connectivity index (χ3n) is 4.90. The average molecular weight is 386 g/mol. The fourth-order valence-electron chi connectivity index (χ4n) is 3.59. The molecule has 4 nitrogen and oxygen atoms in total. The number of nitrogens with zero attached hydrogens (tertiary/aromatic N) is 2. The Labute approximate surface area is 167 Å². The van der Waals surface area contributed by atoms with Gasteiger partial charge in [-0.1, -0.05) is 60.1 Å². The number of pyridine rings is 1. The largest absolute Gasteiger partial charge is 0.345 e. The van der Waals surface area contributed by atoms with E-state index >= 15 is 0 Å². The van der Waals surface area contributed by atoms with Crippen molar-refractivity contribution >= 4 is 39.9 Å². The number of rotatable bonds is 2. The summed E-state index contributed by atoms with van der Waals surface area (Å²) in [6.07, 6.45) is -0.408. The van der Waals surface area contributed by atoms with Crippen molar-refractivity contribution in [1.82, 2.24) is 4.98 Å². The molecule has 2 heterocycles. The van der Waals surface area contributed by atoms with Crippen molar-refractivity contribution < 1.29 is 4.79 Å². The summed E-state index contributed by atoms with van der Waals surface area (Å²) in [5.41, 5.74) is 3.11. The third kappa shape index (κ3) is 2.79. The van der Waals surface area contributed by atoms with E-state index in [1.54, 1.807) is 4.90 Å². The lowest BCUT2D eigenvalue weighted by Gasteiger charge is -2.37. The number of benzene rings is 3. The van der Waals surface area contributed by atoms with Crippen molar-refractivity contribution in [2.45, 2.75) is 6.17 Å². The first-order valence-electron chi connectivity index (χ1n) is 9.01. The Bertz CT molecular complexity index is 1190. The normalized spacial score (nSPS) is 16.0. The van der Waals surface area contributed by atoms with E-state index in [-0.39, 0.29) is 5.91 Å². The van der Waals surface area contributed by atoms with Gasteiger partial charge in [-0.2, -0.15) is 0 Å². The first-order valence-corrected chi connectivity index (χ1v) is 9.39. The van der Waals surface area contributed by atoms with E-state index in [1.807, 2.05) is 84.9 Å². The van der Waals surface area contributed by atoms with Gasteiger partial charge in [0.15, 0.2) is 0 Å². The summed E-state index contributed by atoms with van der Waals surface area (Å²) in [5.74, 6) is 0.490. The Balaban J connectivity index is 1.71. The molecule has 0 unspecified atom stereocenters. The molecule has 1 amide bonds. The monoisotopic (exact) mass is 385 g/mol. The van der Waals surface area contributed by atoms with Gasteiger partial charge in [-0.25, -0.2) is 4.98 Å². The van der Waals surface area contributed by atoms with Crippen LogP contribution in [0.5, 0.6) is 0 Å². The zero-order valence-corrected chi connectivity index (χ0v) is 15.6. The molecule has 0 saturated carbocycles. The Morgan fingerprint density at radius 2 is 1.68 bits per heavy atom. The molecular weight excluding hydrogens is 370 g/mol. The maximum absolute atomic E-state index is 13.5. The van der Waals surface area contributed by atoms with E-state index in [4.69, 9.17) is 16.6 Å². The van der Waals surface area contributed by atoms with Gasteiger partial charge in [0, 0.05) is 16.1 Å². The number of nitrogens with one attached hydrogen (secondary N) is 1. The summed E-state index contributed by atoms with van der Waals surface area (Å²) >= 11 is 6.23. The zero-order chi connectivity index (χ0) is 19.1. The lowest BCUT2D eigenvalue weighted by atomic mass is 10.0. The number of anilines is 2. The number of hydrogen-bond donors (Lipinski definition) is 1. The lowest BCUT2D eigenvalue weighted by Crippen LogP contribution is -2.43. The van der Waals surface area contributed by atoms with Crippen LogP contribution in [-0.4, -0.2) is 10.9 Å². The van der Waals surface area contributed by atoms with E-state index in [0.717, 1.165) is 22.2 Å². The molecule has 1 atom stereocenters. The standard InChI is InChI=1S/C23H16ClN3O/c24-17-9-6-8-16(13-17)22-26-21-19(14-15-7-4-5-12-20(15)25-21)23(28)27(22)18-10-2-1-3-11-18/h1-14,22H,(H,25,26)/t22-/m0/s1. The quantitative estimate of drug-likeness (QED) is 0.484. The number of fused-ring (bicyclic) bond motifs is 2. The first-order chi connectivity index (χ1) is 13.7. The summed E-state index contributed by atoms with van der Waals surface area (Å²) in [5, 5.41) is 5.00. The summed E-state index contributed by atoms with van der Waals surface area (Å²) in [6.45, 7) is 0. The van der Waals surface area contributed by atoms with Crippen molar-refractivity contribution in [3.8, 4) is 0 Å². The number of aromatic nitrogens is 1. The highest BCUT2D eigenvalue weighted by molar-refractivity contribution is 6.30. The van der Waals surface area contributed by atoms with Gasteiger partial charge in [-0.3, -0.25) is 9.69 Å². The molecule has 3 aromatic carbocycles. The Morgan fingerprint density at radius 3 is 2.50 bits per heavy atom. The van der Waals surface area contributed by atoms with Crippen molar-refractivity contribution in [3.63, 3.8) is 0 Å². The van der Waals surface area contributed by atoms with Gasteiger partial charge in [0.25, 0.3) is 5.91 Å². The first kappa shape index (κ1) is 16.8. The maximum atomic E-state index is 13.5. The molecule has 5 heteroatoms. The predicted molar refractivity (Wildman–Crippen MR) is 113 cm³/mol. The number of halogens is 1. The van der Waals surface area contributed by atoms with Gasteiger partial charge >= 0.3 is 0 Å². The van der Waals surface area contributed by atoms with Crippen LogP contribution in [0.4, 0.5) is 11.5 Å². The van der Waals surface area contributed by atoms with Crippen LogP contribution in [0, 0.1) is 0 Å². The Kier molecular flexibility index (Phi) is 3.99. The highest BCUT2D eigenvalue weighted by Gasteiger charge is 2.35. The van der Waals surface area contributed by atoms with Crippen molar-refractivity contribution in [2.75, 3.05) is 10.2 Å². The second kappa shape index (κ2) is 6.66. The van der Waals surface area contributed by atoms with E-state index < -0.39 is 6.17 Å².